The molecule has 1 saturated carbocycles. The fourth-order valence-corrected chi connectivity index (χ4v) is 8.18. The summed E-state index contributed by atoms with van der Waals surface area (Å²) in [5, 5.41) is 13.9. The number of piperidine rings is 1. The van der Waals surface area contributed by atoms with Gasteiger partial charge in [0, 0.05) is 50.1 Å². The van der Waals surface area contributed by atoms with Gasteiger partial charge in [0.25, 0.3) is 0 Å². The normalized spacial score (nSPS) is 26.0. The summed E-state index contributed by atoms with van der Waals surface area (Å²) in [7, 11) is 0. The van der Waals surface area contributed by atoms with Crippen molar-refractivity contribution < 1.29 is 9.90 Å². The fourth-order valence-electron chi connectivity index (χ4n) is 8.18. The Labute approximate surface area is 251 Å². The van der Waals surface area contributed by atoms with E-state index >= 15 is 0 Å². The summed E-state index contributed by atoms with van der Waals surface area (Å²) in [5.74, 6) is 0.936. The molecule has 42 heavy (non-hydrogen) atoms. The lowest BCUT2D eigenvalue weighted by molar-refractivity contribution is -0.123. The monoisotopic (exact) mass is 565 g/mol. The third-order valence-electron chi connectivity index (χ3n) is 10.5. The van der Waals surface area contributed by atoms with Gasteiger partial charge in [0.15, 0.2) is 0 Å². The number of nitrogens with zero attached hydrogens (tertiary/aromatic N) is 2. The van der Waals surface area contributed by atoms with E-state index in [1.165, 1.54) is 27.8 Å². The maximum absolute atomic E-state index is 13.3. The topological polar surface area (TPSA) is 55.8 Å². The Morgan fingerprint density at radius 3 is 2.64 bits per heavy atom. The number of benzene rings is 3. The first-order chi connectivity index (χ1) is 20.4. The number of likely N-dealkylation sites (tertiary alicyclic amines) is 1. The number of aromatic hydroxyl groups is 1. The number of rotatable bonds is 9. The number of nitrogens with one attached hydrogen (secondary N) is 1. The Balaban J connectivity index is 1.12. The van der Waals surface area contributed by atoms with Gasteiger partial charge >= 0.3 is 0 Å². The molecule has 3 aromatic carbocycles. The smallest absolute Gasteiger partial charge is 0.221 e. The molecule has 6 rings (SSSR count). The van der Waals surface area contributed by atoms with Crippen LogP contribution in [-0.2, 0) is 29.6 Å². The molecule has 0 spiro atoms. The second kappa shape index (κ2) is 12.6. The Hall–Kier alpha value is -3.15. The van der Waals surface area contributed by atoms with Crippen molar-refractivity contribution in [2.75, 3.05) is 26.2 Å². The molecule has 222 valence electrons. The summed E-state index contributed by atoms with van der Waals surface area (Å²) in [6, 6.07) is 25.9. The number of hydrogen-bond donors (Lipinski definition) is 2. The third kappa shape index (κ3) is 6.28. The predicted octanol–water partition coefficient (Wildman–Crippen LogP) is 6.01. The van der Waals surface area contributed by atoms with E-state index in [1.54, 1.807) is 6.07 Å². The molecule has 1 amide bonds. The molecule has 0 unspecified atom stereocenters. The van der Waals surface area contributed by atoms with Crippen molar-refractivity contribution in [3.05, 3.63) is 101 Å². The molecule has 4 atom stereocenters. The maximum Gasteiger partial charge on any atom is 0.221 e. The van der Waals surface area contributed by atoms with E-state index in [2.05, 4.69) is 83.6 Å². The number of phenolic OH excluding ortho intramolecular Hbond substituents is 1. The van der Waals surface area contributed by atoms with Crippen LogP contribution in [0.5, 0.6) is 5.75 Å². The highest BCUT2D eigenvalue weighted by molar-refractivity contribution is 5.76. The number of hydrogen-bond acceptors (Lipinski definition) is 4. The molecule has 2 aliphatic heterocycles. The highest BCUT2D eigenvalue weighted by Gasteiger charge is 2.51. The van der Waals surface area contributed by atoms with Crippen LogP contribution in [0.1, 0.15) is 66.8 Å². The Bertz CT molecular complexity index is 1390. The van der Waals surface area contributed by atoms with Crippen LogP contribution in [0, 0.1) is 12.8 Å². The average Bonchev–Trinajstić information content (AvgIpc) is 2.99. The second-order valence-corrected chi connectivity index (χ2v) is 13.2. The first-order valence-corrected chi connectivity index (χ1v) is 16.1. The van der Waals surface area contributed by atoms with Crippen molar-refractivity contribution in [2.45, 2.75) is 82.8 Å². The van der Waals surface area contributed by atoms with E-state index in [0.717, 1.165) is 71.2 Å². The molecule has 2 bridgehead atoms. The molecule has 3 aliphatic rings. The number of carbonyl (C=O) groups is 1. The standard InChI is InChI=1S/C37H47N3O2/c1-27-9-3-4-10-29(27)13-8-18-40-25-28(2)37(32-14-7-15-35(41)21-32)23-33(22-34(40)24-37)38-36(42)17-20-39-19-16-30-11-5-6-12-31(30)26-39/h3-7,9-12,14-15,21,28,33-34,41H,8,13,16-20,22-26H2,1-2H3,(H,38,42)/t28-,33+,34+,37+/m1/s1. The zero-order valence-electron chi connectivity index (χ0n) is 25.4. The largest absolute Gasteiger partial charge is 0.508 e. The van der Waals surface area contributed by atoms with Gasteiger partial charge in [-0.2, -0.15) is 0 Å². The highest BCUT2D eigenvalue weighted by Crippen LogP contribution is 2.50. The van der Waals surface area contributed by atoms with Crippen LogP contribution in [0.4, 0.5) is 0 Å². The molecule has 2 N–H and O–H groups in total. The SMILES string of the molecule is Cc1ccccc1CCCN1C[C@@H](C)[C@]2(c3cccc(O)c3)C[C@@H](NC(=O)CCN3CCc4ccccc4C3)C[C@H]1C2. The quantitative estimate of drug-likeness (QED) is 0.334. The van der Waals surface area contributed by atoms with Crippen LogP contribution in [0.2, 0.25) is 0 Å². The molecule has 2 heterocycles. The van der Waals surface area contributed by atoms with Gasteiger partial charge < -0.3 is 10.4 Å². The first-order valence-electron chi connectivity index (χ1n) is 16.1. The zero-order valence-corrected chi connectivity index (χ0v) is 25.4. The van der Waals surface area contributed by atoms with Gasteiger partial charge in [-0.25, -0.2) is 0 Å². The molecule has 2 fully saturated rings. The molecular weight excluding hydrogens is 518 g/mol. The minimum atomic E-state index is -0.0390. The molecular formula is C37H47N3O2. The van der Waals surface area contributed by atoms with Gasteiger partial charge in [0.1, 0.15) is 5.75 Å². The van der Waals surface area contributed by atoms with Crippen LogP contribution < -0.4 is 5.32 Å². The molecule has 3 aromatic rings. The van der Waals surface area contributed by atoms with Crippen LogP contribution in [0.15, 0.2) is 72.8 Å². The highest BCUT2D eigenvalue weighted by atomic mass is 16.3. The van der Waals surface area contributed by atoms with Crippen molar-refractivity contribution in [1.29, 1.82) is 0 Å². The van der Waals surface area contributed by atoms with Gasteiger partial charge in [-0.15, -0.1) is 0 Å². The van der Waals surface area contributed by atoms with Crippen LogP contribution in [0.3, 0.4) is 0 Å². The minimum absolute atomic E-state index is 0.0390. The summed E-state index contributed by atoms with van der Waals surface area (Å²) >= 11 is 0. The second-order valence-electron chi connectivity index (χ2n) is 13.2. The summed E-state index contributed by atoms with van der Waals surface area (Å²) in [6.45, 7) is 9.49. The fraction of sp³-hybridized carbons (Fsp3) is 0.486. The molecule has 5 nitrogen and oxygen atoms in total. The Morgan fingerprint density at radius 2 is 1.81 bits per heavy atom. The van der Waals surface area contributed by atoms with Gasteiger partial charge in [0.05, 0.1) is 0 Å². The van der Waals surface area contributed by atoms with E-state index in [-0.39, 0.29) is 17.4 Å². The lowest BCUT2D eigenvalue weighted by Crippen LogP contribution is -2.61. The summed E-state index contributed by atoms with van der Waals surface area (Å²) in [5.41, 5.74) is 6.85. The number of aryl methyl sites for hydroxylation is 2. The summed E-state index contributed by atoms with van der Waals surface area (Å²) < 4.78 is 0. The van der Waals surface area contributed by atoms with Crippen molar-refractivity contribution in [2.24, 2.45) is 5.92 Å². The first kappa shape index (κ1) is 28.9. The summed E-state index contributed by atoms with van der Waals surface area (Å²) in [6.07, 6.45) is 6.87. The van der Waals surface area contributed by atoms with Crippen LogP contribution >= 0.6 is 0 Å². The maximum atomic E-state index is 13.3. The molecule has 1 aliphatic carbocycles. The van der Waals surface area contributed by atoms with Gasteiger partial charge in [-0.05, 0) is 97.9 Å². The number of amides is 1. The van der Waals surface area contributed by atoms with Crippen molar-refractivity contribution in [1.82, 2.24) is 15.1 Å². The van der Waals surface area contributed by atoms with E-state index in [1.807, 2.05) is 12.1 Å². The van der Waals surface area contributed by atoms with Gasteiger partial charge in [-0.1, -0.05) is 67.6 Å². The average molecular weight is 566 g/mol. The summed E-state index contributed by atoms with van der Waals surface area (Å²) in [4.78, 5) is 18.5. The Kier molecular flexibility index (Phi) is 8.69. The zero-order chi connectivity index (χ0) is 29.1. The Morgan fingerprint density at radius 1 is 1.00 bits per heavy atom. The number of carbonyl (C=O) groups excluding carboxylic acids is 1. The lowest BCUT2D eigenvalue weighted by atomic mass is 9.57. The van der Waals surface area contributed by atoms with E-state index in [0.29, 0.717) is 24.1 Å². The van der Waals surface area contributed by atoms with Crippen LogP contribution in [0.25, 0.3) is 0 Å². The van der Waals surface area contributed by atoms with Crippen molar-refractivity contribution in [3.63, 3.8) is 0 Å². The molecule has 0 aromatic heterocycles. The predicted molar refractivity (Wildman–Crippen MR) is 170 cm³/mol. The number of fused-ring (bicyclic) bond motifs is 3. The molecule has 5 heteroatoms. The molecule has 0 radical (unpaired) electrons. The molecule has 1 saturated heterocycles. The number of phenols is 1. The minimum Gasteiger partial charge on any atom is -0.508 e. The third-order valence-corrected chi connectivity index (χ3v) is 10.5. The van der Waals surface area contributed by atoms with E-state index < -0.39 is 0 Å². The van der Waals surface area contributed by atoms with Crippen LogP contribution in [-0.4, -0.2) is 59.1 Å². The van der Waals surface area contributed by atoms with E-state index in [9.17, 15) is 9.90 Å². The lowest BCUT2D eigenvalue weighted by Gasteiger charge is -2.56. The van der Waals surface area contributed by atoms with E-state index in [4.69, 9.17) is 0 Å². The van der Waals surface area contributed by atoms with Gasteiger partial charge in [-0.3, -0.25) is 14.6 Å². The van der Waals surface area contributed by atoms with Gasteiger partial charge in [0.2, 0.25) is 5.91 Å². The van der Waals surface area contributed by atoms with Crippen molar-refractivity contribution in [3.8, 4) is 5.75 Å². The van der Waals surface area contributed by atoms with Crippen molar-refractivity contribution >= 4 is 5.91 Å².